The van der Waals surface area contributed by atoms with E-state index in [4.69, 9.17) is 10.5 Å². The molecule has 2 aliphatic carbocycles. The van der Waals surface area contributed by atoms with E-state index in [1.54, 1.807) is 7.11 Å². The lowest BCUT2D eigenvalue weighted by Gasteiger charge is -2.33. The minimum atomic E-state index is -0.350. The highest BCUT2D eigenvalue weighted by atomic mass is 35.5. The molecule has 1 saturated heterocycles. The van der Waals surface area contributed by atoms with Gasteiger partial charge < -0.3 is 15.4 Å². The zero-order valence-corrected chi connectivity index (χ0v) is 15.8. The standard InChI is InChI=1S/C20H28N2O2.ClH/c1-24-16-6-4-5-15(11-16)20(9-2-3-10-20)19(23)22-12-14-7-8-18(21)17(14)13-22;/h4-6,11,14,17-18H,2-3,7-10,12-13,21H2,1H3;1H. The van der Waals surface area contributed by atoms with Crippen LogP contribution in [0.3, 0.4) is 0 Å². The molecule has 25 heavy (non-hydrogen) atoms. The molecule has 3 unspecified atom stereocenters. The smallest absolute Gasteiger partial charge is 0.233 e. The largest absolute Gasteiger partial charge is 0.497 e. The lowest BCUT2D eigenvalue weighted by Crippen LogP contribution is -2.45. The molecule has 4 rings (SSSR count). The van der Waals surface area contributed by atoms with Crippen molar-refractivity contribution in [2.75, 3.05) is 20.2 Å². The van der Waals surface area contributed by atoms with E-state index in [0.29, 0.717) is 17.7 Å². The molecule has 138 valence electrons. The van der Waals surface area contributed by atoms with Crippen molar-refractivity contribution in [2.24, 2.45) is 17.6 Å². The quantitative estimate of drug-likeness (QED) is 0.896. The molecular formula is C20H29ClN2O2. The summed E-state index contributed by atoms with van der Waals surface area (Å²) < 4.78 is 5.40. The average Bonchev–Trinajstić information content (AvgIpc) is 3.32. The van der Waals surface area contributed by atoms with E-state index in [1.807, 2.05) is 12.1 Å². The number of nitrogens with zero attached hydrogens (tertiary/aromatic N) is 1. The van der Waals surface area contributed by atoms with Crippen LogP contribution in [0.2, 0.25) is 0 Å². The highest BCUT2D eigenvalue weighted by molar-refractivity contribution is 5.89. The van der Waals surface area contributed by atoms with Gasteiger partial charge in [0.25, 0.3) is 0 Å². The van der Waals surface area contributed by atoms with Crippen LogP contribution in [-0.4, -0.2) is 37.0 Å². The lowest BCUT2D eigenvalue weighted by atomic mass is 9.77. The number of carbonyl (C=O) groups excluding carboxylic acids is 1. The molecule has 3 fully saturated rings. The highest BCUT2D eigenvalue weighted by Crippen LogP contribution is 2.46. The first-order chi connectivity index (χ1) is 11.6. The molecule has 1 aromatic rings. The van der Waals surface area contributed by atoms with Crippen LogP contribution in [-0.2, 0) is 10.2 Å². The Morgan fingerprint density at radius 2 is 2.00 bits per heavy atom. The summed E-state index contributed by atoms with van der Waals surface area (Å²) in [6.45, 7) is 1.76. The van der Waals surface area contributed by atoms with Crippen molar-refractivity contribution >= 4 is 18.3 Å². The fraction of sp³-hybridized carbons (Fsp3) is 0.650. The normalized spacial score (nSPS) is 30.0. The number of fused-ring (bicyclic) bond motifs is 1. The Bertz CT molecular complexity index is 630. The first-order valence-corrected chi connectivity index (χ1v) is 9.33. The van der Waals surface area contributed by atoms with Crippen LogP contribution in [0.1, 0.15) is 44.1 Å². The van der Waals surface area contributed by atoms with Crippen molar-refractivity contribution in [1.82, 2.24) is 4.90 Å². The van der Waals surface area contributed by atoms with Gasteiger partial charge in [-0.3, -0.25) is 4.79 Å². The van der Waals surface area contributed by atoms with Gasteiger partial charge in [0.1, 0.15) is 5.75 Å². The molecule has 0 bridgehead atoms. The molecule has 4 nitrogen and oxygen atoms in total. The maximum absolute atomic E-state index is 13.6. The summed E-state index contributed by atoms with van der Waals surface area (Å²) in [4.78, 5) is 15.7. The number of rotatable bonds is 3. The molecule has 2 N–H and O–H groups in total. The fourth-order valence-corrected chi connectivity index (χ4v) is 5.30. The second kappa shape index (κ2) is 7.16. The van der Waals surface area contributed by atoms with Crippen LogP contribution in [0, 0.1) is 11.8 Å². The van der Waals surface area contributed by atoms with Crippen molar-refractivity contribution in [3.63, 3.8) is 0 Å². The SMILES string of the molecule is COc1cccc(C2(C(=O)N3CC4CCC(N)C4C3)CCCC2)c1.Cl. The van der Waals surface area contributed by atoms with Crippen molar-refractivity contribution in [1.29, 1.82) is 0 Å². The summed E-state index contributed by atoms with van der Waals surface area (Å²) in [6.07, 6.45) is 6.47. The van der Waals surface area contributed by atoms with Crippen LogP contribution >= 0.6 is 12.4 Å². The molecule has 1 aliphatic heterocycles. The van der Waals surface area contributed by atoms with Crippen LogP contribution in [0.5, 0.6) is 5.75 Å². The predicted molar refractivity (Wildman–Crippen MR) is 101 cm³/mol. The summed E-state index contributed by atoms with van der Waals surface area (Å²) in [5.74, 6) is 2.30. The van der Waals surface area contributed by atoms with E-state index in [2.05, 4.69) is 17.0 Å². The minimum Gasteiger partial charge on any atom is -0.497 e. The van der Waals surface area contributed by atoms with E-state index < -0.39 is 0 Å². The van der Waals surface area contributed by atoms with E-state index in [9.17, 15) is 4.79 Å². The van der Waals surface area contributed by atoms with Gasteiger partial charge in [-0.05, 0) is 55.2 Å². The van der Waals surface area contributed by atoms with Crippen LogP contribution < -0.4 is 10.5 Å². The Morgan fingerprint density at radius 3 is 2.68 bits per heavy atom. The number of halogens is 1. The third kappa shape index (κ3) is 3.04. The maximum Gasteiger partial charge on any atom is 0.233 e. The minimum absolute atomic E-state index is 0. The Balaban J connectivity index is 0.00000182. The summed E-state index contributed by atoms with van der Waals surface area (Å²) in [5.41, 5.74) is 7.04. The van der Waals surface area contributed by atoms with Crippen LogP contribution in [0.15, 0.2) is 24.3 Å². The molecule has 0 spiro atoms. The highest BCUT2D eigenvalue weighted by Gasteiger charge is 2.49. The second-order valence-corrected chi connectivity index (χ2v) is 7.90. The first kappa shape index (κ1) is 18.5. The Hall–Kier alpha value is -1.26. The molecule has 3 atom stereocenters. The van der Waals surface area contributed by atoms with Gasteiger partial charge in [0.15, 0.2) is 0 Å². The van der Waals surface area contributed by atoms with Gasteiger partial charge in [0.05, 0.1) is 12.5 Å². The Kier molecular flexibility index (Phi) is 5.31. The molecule has 2 saturated carbocycles. The maximum atomic E-state index is 13.6. The van der Waals surface area contributed by atoms with E-state index >= 15 is 0 Å². The third-order valence-corrected chi connectivity index (χ3v) is 6.69. The molecule has 5 heteroatoms. The van der Waals surface area contributed by atoms with Gasteiger partial charge in [-0.1, -0.05) is 25.0 Å². The van der Waals surface area contributed by atoms with E-state index in [1.165, 1.54) is 6.42 Å². The molecule has 1 amide bonds. The zero-order chi connectivity index (χ0) is 16.7. The average molecular weight is 365 g/mol. The zero-order valence-electron chi connectivity index (χ0n) is 14.9. The van der Waals surface area contributed by atoms with Gasteiger partial charge in [0, 0.05) is 19.1 Å². The lowest BCUT2D eigenvalue weighted by molar-refractivity contribution is -0.136. The second-order valence-electron chi connectivity index (χ2n) is 7.90. The predicted octanol–water partition coefficient (Wildman–Crippen LogP) is 3.12. The number of amides is 1. The Morgan fingerprint density at radius 1 is 1.24 bits per heavy atom. The molecule has 3 aliphatic rings. The number of nitrogens with two attached hydrogens (primary N) is 1. The summed E-state index contributed by atoms with van der Waals surface area (Å²) in [6, 6.07) is 8.41. The molecular weight excluding hydrogens is 336 g/mol. The van der Waals surface area contributed by atoms with Crippen LogP contribution in [0.25, 0.3) is 0 Å². The molecule has 1 aromatic carbocycles. The van der Waals surface area contributed by atoms with Crippen molar-refractivity contribution in [2.45, 2.75) is 50.0 Å². The summed E-state index contributed by atoms with van der Waals surface area (Å²) in [7, 11) is 1.69. The number of carbonyl (C=O) groups is 1. The van der Waals surface area contributed by atoms with Gasteiger partial charge in [-0.2, -0.15) is 0 Å². The number of benzene rings is 1. The number of hydrogen-bond donors (Lipinski definition) is 1. The number of ether oxygens (including phenoxy) is 1. The first-order valence-electron chi connectivity index (χ1n) is 9.33. The molecule has 1 heterocycles. The number of likely N-dealkylation sites (tertiary alicyclic amines) is 1. The third-order valence-electron chi connectivity index (χ3n) is 6.69. The molecule has 0 radical (unpaired) electrons. The van der Waals surface area contributed by atoms with Gasteiger partial charge in [0.2, 0.25) is 5.91 Å². The van der Waals surface area contributed by atoms with Crippen molar-refractivity contribution in [3.8, 4) is 5.75 Å². The Labute approximate surface area is 156 Å². The number of methoxy groups -OCH3 is 1. The van der Waals surface area contributed by atoms with Crippen molar-refractivity contribution < 1.29 is 9.53 Å². The van der Waals surface area contributed by atoms with Crippen molar-refractivity contribution in [3.05, 3.63) is 29.8 Å². The van der Waals surface area contributed by atoms with Gasteiger partial charge >= 0.3 is 0 Å². The molecule has 0 aromatic heterocycles. The summed E-state index contributed by atoms with van der Waals surface area (Å²) in [5, 5.41) is 0. The van der Waals surface area contributed by atoms with Gasteiger partial charge in [-0.25, -0.2) is 0 Å². The fourth-order valence-electron chi connectivity index (χ4n) is 5.30. The summed E-state index contributed by atoms with van der Waals surface area (Å²) >= 11 is 0. The van der Waals surface area contributed by atoms with Gasteiger partial charge in [-0.15, -0.1) is 12.4 Å². The van der Waals surface area contributed by atoms with E-state index in [-0.39, 0.29) is 23.9 Å². The number of hydrogen-bond acceptors (Lipinski definition) is 3. The monoisotopic (exact) mass is 364 g/mol. The van der Waals surface area contributed by atoms with Crippen LogP contribution in [0.4, 0.5) is 0 Å². The van der Waals surface area contributed by atoms with E-state index in [0.717, 1.165) is 56.5 Å². The topological polar surface area (TPSA) is 55.6 Å².